The minimum atomic E-state index is -0.560. The molecule has 0 aromatic rings. The summed E-state index contributed by atoms with van der Waals surface area (Å²) in [6.45, 7) is 2.92. The van der Waals surface area contributed by atoms with Gasteiger partial charge < -0.3 is 15.1 Å². The molecule has 0 rings (SSSR count). The van der Waals surface area contributed by atoms with Crippen LogP contribution in [0, 0.1) is 0 Å². The highest BCUT2D eigenvalue weighted by atomic mass is 16.3. The van der Waals surface area contributed by atoms with E-state index >= 15 is 0 Å². The van der Waals surface area contributed by atoms with E-state index in [0.29, 0.717) is 0 Å². The molecule has 0 aromatic heterocycles. The molecule has 0 spiro atoms. The van der Waals surface area contributed by atoms with Gasteiger partial charge in [-0.15, -0.1) is 0 Å². The second-order valence-electron chi connectivity index (χ2n) is 2.45. The molecular formula is C7H17NO3. The molecule has 0 aliphatic rings. The largest absolute Gasteiger partial charge is 0.394 e. The molecule has 1 amide bonds. The first-order valence-corrected chi connectivity index (χ1v) is 3.38. The Labute approximate surface area is 67.4 Å². The summed E-state index contributed by atoms with van der Waals surface area (Å²) in [6, 6.07) is 0. The van der Waals surface area contributed by atoms with Crippen LogP contribution in [0.25, 0.3) is 0 Å². The maximum atomic E-state index is 10.1. The molecule has 1 atom stereocenters. The highest BCUT2D eigenvalue weighted by Gasteiger charge is 1.87. The monoisotopic (exact) mass is 163 g/mol. The maximum absolute atomic E-state index is 10.1. The summed E-state index contributed by atoms with van der Waals surface area (Å²) < 4.78 is 0. The van der Waals surface area contributed by atoms with Crippen LogP contribution in [-0.2, 0) is 4.79 Å². The first-order chi connectivity index (χ1) is 4.91. The summed E-state index contributed by atoms with van der Waals surface area (Å²) in [7, 11) is 3.45. The Hall–Kier alpha value is -0.610. The lowest BCUT2D eigenvalue weighted by Crippen LogP contribution is -2.17. The van der Waals surface area contributed by atoms with E-state index in [1.807, 2.05) is 0 Å². The third-order valence-corrected chi connectivity index (χ3v) is 0.894. The van der Waals surface area contributed by atoms with Crippen LogP contribution in [0.15, 0.2) is 0 Å². The Morgan fingerprint density at radius 2 is 1.73 bits per heavy atom. The molecule has 11 heavy (non-hydrogen) atoms. The molecule has 4 heteroatoms. The van der Waals surface area contributed by atoms with Gasteiger partial charge in [0.05, 0.1) is 12.7 Å². The Morgan fingerprint density at radius 3 is 1.73 bits per heavy atom. The maximum Gasteiger partial charge on any atom is 0.218 e. The number of carbonyl (C=O) groups excluding carboxylic acids is 1. The highest BCUT2D eigenvalue weighted by Crippen LogP contribution is 1.69. The summed E-state index contributed by atoms with van der Waals surface area (Å²) in [5.74, 6) is 0.0926. The van der Waals surface area contributed by atoms with Crippen molar-refractivity contribution in [3.8, 4) is 0 Å². The molecule has 0 aliphatic carbocycles. The predicted molar refractivity (Wildman–Crippen MR) is 43.1 cm³/mol. The van der Waals surface area contributed by atoms with Gasteiger partial charge in [0, 0.05) is 21.0 Å². The van der Waals surface area contributed by atoms with Crippen molar-refractivity contribution < 1.29 is 15.0 Å². The van der Waals surface area contributed by atoms with E-state index in [-0.39, 0.29) is 12.5 Å². The molecule has 1 unspecified atom stereocenters. The SMILES string of the molecule is CC(=O)N(C)C.CC(O)CO. The highest BCUT2D eigenvalue weighted by molar-refractivity contribution is 5.72. The standard InChI is InChI=1S/C4H9NO.C3H8O2/c1-4(6)5(2)3;1-3(5)2-4/h1-3H3;3-5H,2H2,1H3. The molecule has 0 heterocycles. The number of aliphatic hydroxyl groups excluding tert-OH is 2. The number of aliphatic hydroxyl groups is 2. The first kappa shape index (κ1) is 13.0. The van der Waals surface area contributed by atoms with Gasteiger partial charge in [-0.25, -0.2) is 0 Å². The van der Waals surface area contributed by atoms with Crippen LogP contribution in [0.5, 0.6) is 0 Å². The summed E-state index contributed by atoms with van der Waals surface area (Å²) >= 11 is 0. The second-order valence-corrected chi connectivity index (χ2v) is 2.45. The number of rotatable bonds is 1. The van der Waals surface area contributed by atoms with Gasteiger partial charge in [-0.1, -0.05) is 0 Å². The van der Waals surface area contributed by atoms with Crippen molar-refractivity contribution in [2.75, 3.05) is 20.7 Å². The van der Waals surface area contributed by atoms with Gasteiger partial charge in [-0.2, -0.15) is 0 Å². The average Bonchev–Trinajstić information content (AvgIpc) is 1.89. The van der Waals surface area contributed by atoms with Crippen LogP contribution in [0.1, 0.15) is 13.8 Å². The summed E-state index contributed by atoms with van der Waals surface area (Å²) in [6.07, 6.45) is -0.560. The van der Waals surface area contributed by atoms with E-state index < -0.39 is 6.10 Å². The zero-order chi connectivity index (χ0) is 9.44. The predicted octanol–water partition coefficient (Wildman–Crippen LogP) is -0.546. The molecule has 0 aromatic carbocycles. The number of hydrogen-bond donors (Lipinski definition) is 2. The average molecular weight is 163 g/mol. The van der Waals surface area contributed by atoms with Crippen molar-refractivity contribution in [3.63, 3.8) is 0 Å². The van der Waals surface area contributed by atoms with E-state index in [1.54, 1.807) is 14.1 Å². The number of amides is 1. The van der Waals surface area contributed by atoms with Crippen molar-refractivity contribution in [2.45, 2.75) is 20.0 Å². The van der Waals surface area contributed by atoms with Crippen molar-refractivity contribution in [1.82, 2.24) is 4.90 Å². The molecule has 2 N–H and O–H groups in total. The Balaban J connectivity index is 0. The lowest BCUT2D eigenvalue weighted by Gasteiger charge is -2.02. The van der Waals surface area contributed by atoms with Crippen molar-refractivity contribution in [3.05, 3.63) is 0 Å². The Morgan fingerprint density at radius 1 is 1.55 bits per heavy atom. The molecule has 0 fully saturated rings. The van der Waals surface area contributed by atoms with Gasteiger partial charge in [-0.05, 0) is 6.92 Å². The summed E-state index contributed by atoms with van der Waals surface area (Å²) in [4.78, 5) is 11.6. The van der Waals surface area contributed by atoms with Gasteiger partial charge in [0.2, 0.25) is 5.91 Å². The molecule has 0 aliphatic heterocycles. The van der Waals surface area contributed by atoms with Crippen LogP contribution in [-0.4, -0.2) is 47.8 Å². The van der Waals surface area contributed by atoms with Crippen LogP contribution in [0.4, 0.5) is 0 Å². The normalized spacial score (nSPS) is 11.1. The molecular weight excluding hydrogens is 146 g/mol. The topological polar surface area (TPSA) is 60.8 Å². The van der Waals surface area contributed by atoms with Crippen molar-refractivity contribution >= 4 is 5.91 Å². The van der Waals surface area contributed by atoms with Gasteiger partial charge in [0.15, 0.2) is 0 Å². The third kappa shape index (κ3) is 17.7. The molecule has 0 radical (unpaired) electrons. The molecule has 0 saturated heterocycles. The van der Waals surface area contributed by atoms with Gasteiger partial charge in [-0.3, -0.25) is 4.79 Å². The minimum absolute atomic E-state index is 0.0926. The van der Waals surface area contributed by atoms with E-state index in [4.69, 9.17) is 10.2 Å². The third-order valence-electron chi connectivity index (χ3n) is 0.894. The Bertz CT molecular complexity index is 102. The molecule has 0 saturated carbocycles. The molecule has 0 bridgehead atoms. The number of nitrogens with zero attached hydrogens (tertiary/aromatic N) is 1. The fourth-order valence-electron chi connectivity index (χ4n) is 0. The van der Waals surface area contributed by atoms with Gasteiger partial charge >= 0.3 is 0 Å². The van der Waals surface area contributed by atoms with Gasteiger partial charge in [0.1, 0.15) is 0 Å². The zero-order valence-electron chi connectivity index (χ0n) is 7.53. The van der Waals surface area contributed by atoms with E-state index in [0.717, 1.165) is 0 Å². The van der Waals surface area contributed by atoms with E-state index in [2.05, 4.69) is 0 Å². The molecule has 4 nitrogen and oxygen atoms in total. The second kappa shape index (κ2) is 7.50. The zero-order valence-corrected chi connectivity index (χ0v) is 7.53. The summed E-state index contributed by atoms with van der Waals surface area (Å²) in [5.41, 5.74) is 0. The van der Waals surface area contributed by atoms with Crippen LogP contribution >= 0.6 is 0 Å². The van der Waals surface area contributed by atoms with Crippen LogP contribution in [0.3, 0.4) is 0 Å². The first-order valence-electron chi connectivity index (χ1n) is 3.38. The van der Waals surface area contributed by atoms with E-state index in [9.17, 15) is 4.79 Å². The number of hydrogen-bond acceptors (Lipinski definition) is 3. The van der Waals surface area contributed by atoms with Gasteiger partial charge in [0.25, 0.3) is 0 Å². The lowest BCUT2D eigenvalue weighted by atomic mass is 10.5. The van der Waals surface area contributed by atoms with Crippen molar-refractivity contribution in [2.24, 2.45) is 0 Å². The van der Waals surface area contributed by atoms with Crippen LogP contribution in [0.2, 0.25) is 0 Å². The fourth-order valence-corrected chi connectivity index (χ4v) is 0. The summed E-state index contributed by atoms with van der Waals surface area (Å²) in [5, 5.41) is 16.0. The quantitative estimate of drug-likeness (QED) is 0.545. The van der Waals surface area contributed by atoms with E-state index in [1.165, 1.54) is 18.7 Å². The smallest absolute Gasteiger partial charge is 0.218 e. The van der Waals surface area contributed by atoms with Crippen LogP contribution < -0.4 is 0 Å². The Kier molecular flexibility index (Phi) is 8.87. The minimum Gasteiger partial charge on any atom is -0.394 e. The number of carbonyl (C=O) groups is 1. The van der Waals surface area contributed by atoms with Crippen molar-refractivity contribution in [1.29, 1.82) is 0 Å². The fraction of sp³-hybridized carbons (Fsp3) is 0.857. The lowest BCUT2D eigenvalue weighted by molar-refractivity contribution is -0.126. The molecule has 68 valence electrons.